The van der Waals surface area contributed by atoms with Crippen LogP contribution in [-0.2, 0) is 49.3 Å². The van der Waals surface area contributed by atoms with Crippen molar-refractivity contribution < 1.29 is 52.8 Å². The van der Waals surface area contributed by atoms with E-state index in [2.05, 4.69) is 16.0 Å². The highest BCUT2D eigenvalue weighted by Gasteiger charge is 2.53. The van der Waals surface area contributed by atoms with E-state index in [4.69, 9.17) is 23.7 Å². The molecule has 0 radical (unpaired) electrons. The summed E-state index contributed by atoms with van der Waals surface area (Å²) in [6.45, 7) is 10.4. The van der Waals surface area contributed by atoms with Gasteiger partial charge in [0.1, 0.15) is 17.4 Å². The maximum absolute atomic E-state index is 12.6. The molecule has 1 aliphatic rings. The van der Waals surface area contributed by atoms with Crippen LogP contribution >= 0.6 is 0 Å². The fourth-order valence-electron chi connectivity index (χ4n) is 4.80. The van der Waals surface area contributed by atoms with Crippen molar-refractivity contribution in [1.82, 2.24) is 16.0 Å². The molecule has 0 saturated heterocycles. The summed E-state index contributed by atoms with van der Waals surface area (Å²) >= 11 is 0. The van der Waals surface area contributed by atoms with Crippen molar-refractivity contribution in [3.8, 4) is 0 Å². The Morgan fingerprint density at radius 2 is 1.42 bits per heavy atom. The topological polar surface area (TPSA) is 188 Å². The lowest BCUT2D eigenvalue weighted by Crippen LogP contribution is -2.46. The van der Waals surface area contributed by atoms with Crippen molar-refractivity contribution in [3.05, 3.63) is 35.9 Å². The minimum atomic E-state index is -1.15. The summed E-state index contributed by atoms with van der Waals surface area (Å²) in [7, 11) is 0. The molecule has 3 atom stereocenters. The van der Waals surface area contributed by atoms with Crippen molar-refractivity contribution in [3.63, 3.8) is 0 Å². The summed E-state index contributed by atoms with van der Waals surface area (Å²) in [5, 5.41) is 17.0. The molecule has 0 heterocycles. The Labute approximate surface area is 282 Å². The van der Waals surface area contributed by atoms with Gasteiger partial charge in [-0.1, -0.05) is 37.3 Å². The number of hydrogen-bond donors (Lipinski definition) is 4. The van der Waals surface area contributed by atoms with Gasteiger partial charge in [0.15, 0.2) is 0 Å². The van der Waals surface area contributed by atoms with Crippen molar-refractivity contribution in [2.45, 2.75) is 71.4 Å². The van der Waals surface area contributed by atoms with Gasteiger partial charge in [0.2, 0.25) is 11.8 Å². The van der Waals surface area contributed by atoms with Crippen molar-refractivity contribution in [2.75, 3.05) is 65.9 Å². The molecular weight excluding hydrogens is 626 g/mol. The van der Waals surface area contributed by atoms with E-state index in [9.17, 15) is 29.1 Å². The highest BCUT2D eigenvalue weighted by molar-refractivity contribution is 5.88. The lowest BCUT2D eigenvalue weighted by atomic mass is 9.97. The molecule has 48 heavy (non-hydrogen) atoms. The molecule has 14 nitrogen and oxygen atoms in total. The quantitative estimate of drug-likeness (QED) is 0.111. The van der Waals surface area contributed by atoms with Crippen LogP contribution in [0.2, 0.25) is 0 Å². The SMILES string of the molecule is CC(C)(C)OC(=O)NCCOCCOCCOCCOCCC(=O)[C@@H]1CC1(C)CCC(=O)NCC(=O)NC(Cc1ccccc1)C(=O)O. The summed E-state index contributed by atoms with van der Waals surface area (Å²) in [6.07, 6.45) is 1.33. The molecule has 0 aromatic heterocycles. The van der Waals surface area contributed by atoms with Gasteiger partial charge >= 0.3 is 12.1 Å². The zero-order valence-electron chi connectivity index (χ0n) is 28.7. The number of carbonyl (C=O) groups excluding carboxylic acids is 4. The van der Waals surface area contributed by atoms with Gasteiger partial charge in [0, 0.05) is 31.7 Å². The maximum Gasteiger partial charge on any atom is 0.407 e. The van der Waals surface area contributed by atoms with E-state index in [1.807, 2.05) is 13.0 Å². The summed E-state index contributed by atoms with van der Waals surface area (Å²) in [5.41, 5.74) is -0.0196. The largest absolute Gasteiger partial charge is 0.480 e. The first-order valence-corrected chi connectivity index (χ1v) is 16.4. The Morgan fingerprint density at radius 3 is 2.00 bits per heavy atom. The summed E-state index contributed by atoms with van der Waals surface area (Å²) in [4.78, 5) is 60.2. The number of alkyl carbamates (subject to hydrolysis) is 1. The van der Waals surface area contributed by atoms with E-state index >= 15 is 0 Å². The second-order valence-corrected chi connectivity index (χ2v) is 12.9. The number of rotatable bonds is 25. The van der Waals surface area contributed by atoms with Crippen LogP contribution in [-0.4, -0.2) is 112 Å². The first kappa shape index (κ1) is 40.6. The van der Waals surface area contributed by atoms with Crippen LogP contribution in [0.25, 0.3) is 0 Å². The smallest absolute Gasteiger partial charge is 0.407 e. The molecule has 1 saturated carbocycles. The maximum atomic E-state index is 12.6. The van der Waals surface area contributed by atoms with E-state index in [1.165, 1.54) is 0 Å². The molecule has 3 amide bonds. The molecule has 0 bridgehead atoms. The number of nitrogens with one attached hydrogen (secondary N) is 3. The van der Waals surface area contributed by atoms with Crippen molar-refractivity contribution in [1.29, 1.82) is 0 Å². The number of ketones is 1. The lowest BCUT2D eigenvalue weighted by Gasteiger charge is -2.19. The third-order valence-electron chi connectivity index (χ3n) is 7.55. The Balaban J connectivity index is 1.42. The van der Waals surface area contributed by atoms with Crippen molar-refractivity contribution >= 4 is 29.7 Å². The third kappa shape index (κ3) is 18.1. The molecule has 0 aliphatic heterocycles. The van der Waals surface area contributed by atoms with E-state index in [-0.39, 0.29) is 48.8 Å². The molecule has 1 aromatic carbocycles. The Morgan fingerprint density at radius 1 is 0.833 bits per heavy atom. The molecule has 2 rings (SSSR count). The fraction of sp³-hybridized carbons (Fsp3) is 0.676. The molecule has 4 N–H and O–H groups in total. The highest BCUT2D eigenvalue weighted by atomic mass is 16.6. The Kier molecular flexibility index (Phi) is 18.1. The zero-order valence-corrected chi connectivity index (χ0v) is 28.7. The average Bonchev–Trinajstić information content (AvgIpc) is 3.71. The minimum absolute atomic E-state index is 0.104. The average molecular weight is 680 g/mol. The number of benzene rings is 1. The highest BCUT2D eigenvalue weighted by Crippen LogP contribution is 2.56. The van der Waals surface area contributed by atoms with E-state index in [1.54, 1.807) is 45.0 Å². The monoisotopic (exact) mass is 679 g/mol. The first-order valence-electron chi connectivity index (χ1n) is 16.4. The zero-order chi connectivity index (χ0) is 35.4. The van der Waals surface area contributed by atoms with Crippen LogP contribution in [0.4, 0.5) is 4.79 Å². The molecule has 1 fully saturated rings. The lowest BCUT2D eigenvalue weighted by molar-refractivity contribution is -0.141. The number of amides is 3. The number of aliphatic carboxylic acids is 1. The van der Waals surface area contributed by atoms with Crippen LogP contribution in [0.1, 0.15) is 58.9 Å². The van der Waals surface area contributed by atoms with Gasteiger partial charge in [-0.3, -0.25) is 14.4 Å². The Bertz CT molecular complexity index is 1160. The van der Waals surface area contributed by atoms with Crippen LogP contribution in [0.5, 0.6) is 0 Å². The first-order chi connectivity index (χ1) is 22.8. The number of ether oxygens (including phenoxy) is 5. The summed E-state index contributed by atoms with van der Waals surface area (Å²) in [6, 6.07) is 7.86. The molecule has 270 valence electrons. The van der Waals surface area contributed by atoms with E-state index < -0.39 is 29.6 Å². The minimum Gasteiger partial charge on any atom is -0.480 e. The van der Waals surface area contributed by atoms with E-state index in [0.717, 1.165) is 5.56 Å². The molecule has 0 spiro atoms. The predicted octanol–water partition coefficient (Wildman–Crippen LogP) is 2.27. The van der Waals surface area contributed by atoms with Gasteiger partial charge in [-0.05, 0) is 44.6 Å². The molecule has 14 heteroatoms. The molecular formula is C34H53N3O11. The van der Waals surface area contributed by atoms with Crippen LogP contribution in [0.15, 0.2) is 30.3 Å². The van der Waals surface area contributed by atoms with Gasteiger partial charge in [-0.2, -0.15) is 0 Å². The van der Waals surface area contributed by atoms with Gasteiger partial charge in [0.05, 0.1) is 59.4 Å². The normalized spacial score (nSPS) is 17.6. The van der Waals surface area contributed by atoms with E-state index in [0.29, 0.717) is 72.2 Å². The van der Waals surface area contributed by atoms with Gasteiger partial charge in [-0.15, -0.1) is 0 Å². The van der Waals surface area contributed by atoms with Crippen LogP contribution in [0.3, 0.4) is 0 Å². The standard InChI is InChI=1S/C34H53N3O11/c1-33(2,3)48-32(43)35-13-15-45-17-19-47-21-20-46-18-16-44-14-11-28(38)26-23-34(26,4)12-10-29(39)36-24-30(40)37-27(31(41)42)22-25-8-6-5-7-9-25/h5-9,26-27H,10-24H2,1-4H3,(H,35,43)(H,36,39)(H,37,40)(H,41,42)/t26-,27?,34?/m0/s1. The summed E-state index contributed by atoms with van der Waals surface area (Å²) < 4.78 is 26.9. The van der Waals surface area contributed by atoms with Crippen LogP contribution < -0.4 is 16.0 Å². The molecule has 1 aliphatic carbocycles. The third-order valence-corrected chi connectivity index (χ3v) is 7.55. The number of Topliss-reactive ketones (excluding diaryl/α,β-unsaturated/α-hetero) is 1. The van der Waals surface area contributed by atoms with Crippen molar-refractivity contribution in [2.24, 2.45) is 11.3 Å². The van der Waals surface area contributed by atoms with Gasteiger partial charge in [-0.25, -0.2) is 9.59 Å². The van der Waals surface area contributed by atoms with Gasteiger partial charge in [0.25, 0.3) is 0 Å². The summed E-state index contributed by atoms with van der Waals surface area (Å²) in [5.74, 6) is -2.08. The fourth-order valence-corrected chi connectivity index (χ4v) is 4.80. The second kappa shape index (κ2) is 21.4. The second-order valence-electron chi connectivity index (χ2n) is 12.9. The molecule has 2 unspecified atom stereocenters. The number of carbonyl (C=O) groups is 5. The Hall–Kier alpha value is -3.59. The predicted molar refractivity (Wildman–Crippen MR) is 175 cm³/mol. The van der Waals surface area contributed by atoms with Gasteiger partial charge < -0.3 is 44.7 Å². The number of carboxylic acid groups (broad SMARTS) is 1. The number of carboxylic acids is 1. The van der Waals surface area contributed by atoms with Crippen LogP contribution in [0, 0.1) is 11.3 Å². The molecule has 1 aromatic rings. The number of hydrogen-bond acceptors (Lipinski definition) is 10.